The van der Waals surface area contributed by atoms with Crippen LogP contribution in [0, 0.1) is 5.92 Å². The summed E-state index contributed by atoms with van der Waals surface area (Å²) in [5, 5.41) is 6.03. The maximum atomic E-state index is 4.63. The molecule has 0 bridgehead atoms. The van der Waals surface area contributed by atoms with Gasteiger partial charge >= 0.3 is 0 Å². The average molecular weight is 322 g/mol. The van der Waals surface area contributed by atoms with Gasteiger partial charge in [0, 0.05) is 11.4 Å². The topological polar surface area (TPSA) is 24.4 Å². The summed E-state index contributed by atoms with van der Waals surface area (Å²) in [6.45, 7) is 13.0. The van der Waals surface area contributed by atoms with Crippen LogP contribution in [0.25, 0.3) is 16.8 Å². The van der Waals surface area contributed by atoms with Crippen LogP contribution in [0.4, 0.5) is 5.69 Å². The number of rotatable bonds is 5. The maximum Gasteiger partial charge on any atom is 0.0979 e. The molecule has 0 aliphatic carbocycles. The van der Waals surface area contributed by atoms with Gasteiger partial charge in [-0.3, -0.25) is 4.99 Å². The molecule has 24 heavy (non-hydrogen) atoms. The van der Waals surface area contributed by atoms with E-state index in [1.165, 1.54) is 21.9 Å². The molecule has 2 nitrogen and oxygen atoms in total. The van der Waals surface area contributed by atoms with Crippen molar-refractivity contribution in [1.29, 1.82) is 0 Å². The molecule has 0 aromatic heterocycles. The molecule has 2 heteroatoms. The molecule has 1 N–H and O–H groups in total. The van der Waals surface area contributed by atoms with Gasteiger partial charge in [-0.15, -0.1) is 0 Å². The van der Waals surface area contributed by atoms with Crippen molar-refractivity contribution in [2.45, 2.75) is 54.0 Å². The van der Waals surface area contributed by atoms with E-state index in [0.29, 0.717) is 5.92 Å². The summed E-state index contributed by atoms with van der Waals surface area (Å²) < 4.78 is 0. The number of aliphatic imine (C=N–C) groups is 1. The number of nitrogens with zero attached hydrogens (tertiary/aromatic N) is 1. The van der Waals surface area contributed by atoms with Gasteiger partial charge in [0.2, 0.25) is 0 Å². The lowest BCUT2D eigenvalue weighted by Gasteiger charge is -2.15. The summed E-state index contributed by atoms with van der Waals surface area (Å²) in [5.74, 6) is 1.62. The van der Waals surface area contributed by atoms with E-state index in [0.717, 1.165) is 17.9 Å². The minimum absolute atomic E-state index is 0.286. The van der Waals surface area contributed by atoms with Crippen molar-refractivity contribution in [2.24, 2.45) is 10.9 Å². The molecule has 0 aliphatic rings. The smallest absolute Gasteiger partial charge is 0.0979 e. The first-order valence-electron chi connectivity index (χ1n) is 8.87. The number of benzene rings is 2. The first-order valence-corrected chi connectivity index (χ1v) is 8.87. The van der Waals surface area contributed by atoms with E-state index < -0.39 is 0 Å². The second-order valence-electron chi connectivity index (χ2n) is 7.27. The Kier molecular flexibility index (Phi) is 6.19. The van der Waals surface area contributed by atoms with Crippen LogP contribution in [0.2, 0.25) is 0 Å². The van der Waals surface area contributed by atoms with Crippen LogP contribution in [0.5, 0.6) is 0 Å². The summed E-state index contributed by atoms with van der Waals surface area (Å²) >= 11 is 0. The lowest BCUT2D eigenvalue weighted by molar-refractivity contribution is 0.644. The molecule has 0 saturated carbocycles. The van der Waals surface area contributed by atoms with E-state index in [-0.39, 0.29) is 6.04 Å². The van der Waals surface area contributed by atoms with E-state index in [9.17, 15) is 0 Å². The summed E-state index contributed by atoms with van der Waals surface area (Å²) in [6, 6.07) is 13.2. The molecule has 128 valence electrons. The second kappa shape index (κ2) is 8.14. The number of amidine groups is 1. The molecular formula is C22H30N2. The van der Waals surface area contributed by atoms with Crippen molar-refractivity contribution in [3.63, 3.8) is 0 Å². The van der Waals surface area contributed by atoms with E-state index in [1.807, 2.05) is 6.92 Å². The first kappa shape index (κ1) is 18.3. The Morgan fingerprint density at radius 1 is 1.04 bits per heavy atom. The van der Waals surface area contributed by atoms with Crippen molar-refractivity contribution in [1.82, 2.24) is 0 Å². The van der Waals surface area contributed by atoms with E-state index in [1.54, 1.807) is 0 Å². The maximum absolute atomic E-state index is 4.63. The summed E-state index contributed by atoms with van der Waals surface area (Å²) in [4.78, 5) is 4.63. The Labute approximate surface area is 146 Å². The lowest BCUT2D eigenvalue weighted by Crippen LogP contribution is -2.11. The molecule has 0 aliphatic heterocycles. The quantitative estimate of drug-likeness (QED) is 0.491. The van der Waals surface area contributed by atoms with Crippen molar-refractivity contribution < 1.29 is 0 Å². The van der Waals surface area contributed by atoms with Gasteiger partial charge in [-0.1, -0.05) is 61.9 Å². The number of hydrogen-bond donors (Lipinski definition) is 1. The van der Waals surface area contributed by atoms with Crippen LogP contribution in [0.1, 0.15) is 53.5 Å². The zero-order valence-electron chi connectivity index (χ0n) is 15.9. The highest BCUT2D eigenvalue weighted by Gasteiger charge is 2.08. The normalized spacial score (nSPS) is 13.2. The monoisotopic (exact) mass is 322 g/mol. The van der Waals surface area contributed by atoms with Crippen LogP contribution >= 0.6 is 0 Å². The Morgan fingerprint density at radius 3 is 2.42 bits per heavy atom. The Bertz CT molecular complexity index is 752. The molecule has 2 aromatic carbocycles. The van der Waals surface area contributed by atoms with Crippen LogP contribution in [0.3, 0.4) is 0 Å². The fourth-order valence-electron chi connectivity index (χ4n) is 3.12. The Balaban J connectivity index is 2.52. The van der Waals surface area contributed by atoms with E-state index in [2.05, 4.69) is 87.4 Å². The van der Waals surface area contributed by atoms with E-state index in [4.69, 9.17) is 0 Å². The minimum Gasteiger partial charge on any atom is -0.343 e. The van der Waals surface area contributed by atoms with Gasteiger partial charge in [0.05, 0.1) is 11.5 Å². The molecule has 0 heterocycles. The molecule has 0 amide bonds. The highest BCUT2D eigenvalue weighted by atomic mass is 15.0. The van der Waals surface area contributed by atoms with Crippen molar-refractivity contribution >= 4 is 28.4 Å². The largest absolute Gasteiger partial charge is 0.343 e. The molecule has 0 spiro atoms. The fourth-order valence-corrected chi connectivity index (χ4v) is 3.12. The van der Waals surface area contributed by atoms with Gasteiger partial charge in [-0.25, -0.2) is 0 Å². The highest BCUT2D eigenvalue weighted by molar-refractivity contribution is 6.06. The van der Waals surface area contributed by atoms with Crippen molar-refractivity contribution in [3.8, 4) is 0 Å². The lowest BCUT2D eigenvalue weighted by atomic mass is 9.98. The predicted molar refractivity (Wildman–Crippen MR) is 109 cm³/mol. The molecular weight excluding hydrogens is 292 g/mol. The van der Waals surface area contributed by atoms with Gasteiger partial charge in [-0.05, 0) is 51.0 Å². The number of nitrogens with one attached hydrogen (secondary N) is 1. The number of anilines is 1. The number of hydrogen-bond acceptors (Lipinski definition) is 1. The van der Waals surface area contributed by atoms with Crippen LogP contribution in [-0.4, -0.2) is 11.9 Å². The SMILES string of the molecule is CC(=NC(C)C)Nc1c(/C=C(\C)CC(C)C)ccc2ccccc12. The minimum atomic E-state index is 0.286. The number of fused-ring (bicyclic) bond motifs is 1. The van der Waals surface area contributed by atoms with Crippen molar-refractivity contribution in [3.05, 3.63) is 47.5 Å². The molecule has 0 radical (unpaired) electrons. The van der Waals surface area contributed by atoms with Crippen LogP contribution in [0.15, 0.2) is 47.0 Å². The Hall–Kier alpha value is -2.09. The van der Waals surface area contributed by atoms with Gasteiger partial charge in [0.25, 0.3) is 0 Å². The highest BCUT2D eigenvalue weighted by Crippen LogP contribution is 2.30. The average Bonchev–Trinajstić information content (AvgIpc) is 2.48. The van der Waals surface area contributed by atoms with Gasteiger partial charge < -0.3 is 5.32 Å². The molecule has 0 atom stereocenters. The van der Waals surface area contributed by atoms with Gasteiger partial charge in [0.15, 0.2) is 0 Å². The summed E-state index contributed by atoms with van der Waals surface area (Å²) in [7, 11) is 0. The molecule has 0 fully saturated rings. The molecule has 2 aromatic rings. The second-order valence-corrected chi connectivity index (χ2v) is 7.27. The van der Waals surface area contributed by atoms with Gasteiger partial charge in [0.1, 0.15) is 0 Å². The van der Waals surface area contributed by atoms with Crippen LogP contribution < -0.4 is 5.32 Å². The molecule has 0 unspecified atom stereocenters. The summed E-state index contributed by atoms with van der Waals surface area (Å²) in [5.41, 5.74) is 3.78. The third-order valence-electron chi connectivity index (χ3n) is 3.85. The fraction of sp³-hybridized carbons (Fsp3) is 0.409. The summed E-state index contributed by atoms with van der Waals surface area (Å²) in [6.07, 6.45) is 3.42. The molecule has 2 rings (SSSR count). The zero-order valence-corrected chi connectivity index (χ0v) is 15.9. The molecule has 0 saturated heterocycles. The Morgan fingerprint density at radius 2 is 1.75 bits per heavy atom. The van der Waals surface area contributed by atoms with Crippen molar-refractivity contribution in [2.75, 3.05) is 5.32 Å². The van der Waals surface area contributed by atoms with Crippen LogP contribution in [-0.2, 0) is 0 Å². The van der Waals surface area contributed by atoms with E-state index >= 15 is 0 Å². The third-order valence-corrected chi connectivity index (χ3v) is 3.85. The van der Waals surface area contributed by atoms with Gasteiger partial charge in [-0.2, -0.15) is 0 Å². The predicted octanol–water partition coefficient (Wildman–Crippen LogP) is 6.53. The number of allylic oxidation sites excluding steroid dienone is 1. The zero-order chi connectivity index (χ0) is 17.7. The standard InChI is InChI=1S/C22H30N2/c1-15(2)13-17(5)14-20-12-11-19-9-7-8-10-21(19)22(20)24-18(6)23-16(3)4/h7-12,14-16H,13H2,1-6H3,(H,23,24)/b17-14+. The third kappa shape index (κ3) is 4.95. The first-order chi connectivity index (χ1) is 11.4.